The summed E-state index contributed by atoms with van der Waals surface area (Å²) in [7, 11) is -4.11. The molecule has 2 aromatic rings. The third kappa shape index (κ3) is 3.73. The molecule has 0 saturated carbocycles. The summed E-state index contributed by atoms with van der Waals surface area (Å²) in [4.78, 5) is 13.9. The quantitative estimate of drug-likeness (QED) is 0.773. The van der Waals surface area contributed by atoms with Gasteiger partial charge in [0, 0.05) is 12.6 Å². The topological polar surface area (TPSA) is 75.7 Å². The van der Waals surface area contributed by atoms with Crippen molar-refractivity contribution in [2.24, 2.45) is 5.41 Å². The van der Waals surface area contributed by atoms with Crippen molar-refractivity contribution in [3.05, 3.63) is 60.9 Å². The highest BCUT2D eigenvalue weighted by Gasteiger charge is 2.37. The van der Waals surface area contributed by atoms with Gasteiger partial charge in [0.15, 0.2) is 0 Å². The van der Waals surface area contributed by atoms with Crippen LogP contribution in [0.3, 0.4) is 0 Å². The zero-order chi connectivity index (χ0) is 20.5. The van der Waals surface area contributed by atoms with Crippen LogP contribution in [0.5, 0.6) is 5.75 Å². The van der Waals surface area contributed by atoms with Crippen LogP contribution in [0, 0.1) is 11.2 Å². The molecule has 1 N–H and O–H groups in total. The number of ether oxygens (including phenoxy) is 1. The zero-order valence-corrected chi connectivity index (χ0v) is 16.4. The van der Waals surface area contributed by atoms with E-state index in [9.17, 15) is 17.6 Å². The number of amides is 1. The maximum Gasteiger partial charge on any atom is 0.264 e. The summed E-state index contributed by atoms with van der Waals surface area (Å²) in [5.41, 5.74) is -0.0356. The summed E-state index contributed by atoms with van der Waals surface area (Å²) in [6.07, 6.45) is 1.61. The lowest BCUT2D eigenvalue weighted by Crippen LogP contribution is -2.42. The van der Waals surface area contributed by atoms with Gasteiger partial charge in [0.1, 0.15) is 23.1 Å². The number of hydrogen-bond acceptors (Lipinski definition) is 4. The number of benzene rings is 2. The summed E-state index contributed by atoms with van der Waals surface area (Å²) >= 11 is 0. The molecule has 0 radical (unpaired) electrons. The smallest absolute Gasteiger partial charge is 0.264 e. The van der Waals surface area contributed by atoms with Crippen LogP contribution in [0.25, 0.3) is 0 Å². The first kappa shape index (κ1) is 19.9. The number of sulfonamides is 1. The Morgan fingerprint density at radius 3 is 2.68 bits per heavy atom. The van der Waals surface area contributed by atoms with Crippen molar-refractivity contribution in [1.29, 1.82) is 0 Å². The Kier molecular flexibility index (Phi) is 5.16. The Balaban J connectivity index is 1.98. The summed E-state index contributed by atoms with van der Waals surface area (Å²) in [6, 6.07) is 9.70. The number of carbonyl (C=O) groups excluding carboxylic acids is 1. The van der Waals surface area contributed by atoms with Crippen LogP contribution in [0.1, 0.15) is 13.8 Å². The molecule has 28 heavy (non-hydrogen) atoms. The van der Waals surface area contributed by atoms with E-state index < -0.39 is 26.2 Å². The summed E-state index contributed by atoms with van der Waals surface area (Å²) < 4.78 is 47.0. The molecule has 6 nitrogen and oxygen atoms in total. The minimum atomic E-state index is -4.11. The number of fused-ring (bicyclic) bond motifs is 1. The van der Waals surface area contributed by atoms with E-state index >= 15 is 0 Å². The molecule has 2 aromatic carbocycles. The Hall–Kier alpha value is -2.87. The van der Waals surface area contributed by atoms with Gasteiger partial charge in [0.2, 0.25) is 5.91 Å². The molecule has 3 rings (SSSR count). The summed E-state index contributed by atoms with van der Waals surface area (Å²) in [6.45, 7) is 7.67. The average Bonchev–Trinajstić information content (AvgIpc) is 2.72. The number of carbonyl (C=O) groups is 1. The molecule has 0 spiro atoms. The third-order valence-corrected chi connectivity index (χ3v) is 5.77. The fourth-order valence-electron chi connectivity index (χ4n) is 2.89. The standard InChI is InChI=1S/C20H21FN2O4S/c1-4-11-23-16-10-9-14(12-17(16)27-13-20(2,3)19(23)24)22-28(25,26)18-8-6-5-7-15(18)21/h4-10,12,22H,1,11,13H2,2-3H3. The van der Waals surface area contributed by atoms with Gasteiger partial charge in [0.05, 0.1) is 16.8 Å². The average molecular weight is 404 g/mol. The van der Waals surface area contributed by atoms with Crippen LogP contribution >= 0.6 is 0 Å². The second kappa shape index (κ2) is 7.27. The predicted octanol–water partition coefficient (Wildman–Crippen LogP) is 3.56. The van der Waals surface area contributed by atoms with Crippen LogP contribution < -0.4 is 14.4 Å². The Morgan fingerprint density at radius 1 is 1.29 bits per heavy atom. The predicted molar refractivity (Wildman–Crippen MR) is 105 cm³/mol. The van der Waals surface area contributed by atoms with Gasteiger partial charge >= 0.3 is 0 Å². The summed E-state index contributed by atoms with van der Waals surface area (Å²) in [5, 5.41) is 0. The van der Waals surface area contributed by atoms with E-state index in [0.29, 0.717) is 18.0 Å². The van der Waals surface area contributed by atoms with E-state index in [4.69, 9.17) is 4.74 Å². The highest BCUT2D eigenvalue weighted by molar-refractivity contribution is 7.92. The number of nitrogens with zero attached hydrogens (tertiary/aromatic N) is 1. The van der Waals surface area contributed by atoms with E-state index in [2.05, 4.69) is 11.3 Å². The number of halogens is 1. The molecule has 1 aliphatic heterocycles. The molecule has 0 unspecified atom stereocenters. The molecule has 148 valence electrons. The first-order valence-corrected chi connectivity index (χ1v) is 10.1. The number of nitrogens with one attached hydrogen (secondary N) is 1. The second-order valence-electron chi connectivity index (χ2n) is 7.10. The van der Waals surface area contributed by atoms with Crippen molar-refractivity contribution in [3.8, 4) is 5.75 Å². The van der Waals surface area contributed by atoms with Crippen molar-refractivity contribution in [2.75, 3.05) is 22.8 Å². The Labute approximate surface area is 163 Å². The maximum absolute atomic E-state index is 13.9. The second-order valence-corrected chi connectivity index (χ2v) is 8.75. The molecule has 0 fully saturated rings. The van der Waals surface area contributed by atoms with Crippen LogP contribution in [-0.4, -0.2) is 27.5 Å². The molecule has 0 aromatic heterocycles. The molecule has 0 atom stereocenters. The third-order valence-electron chi connectivity index (χ3n) is 4.35. The first-order valence-electron chi connectivity index (χ1n) is 8.63. The van der Waals surface area contributed by atoms with Gasteiger partial charge in [-0.15, -0.1) is 6.58 Å². The fraction of sp³-hybridized carbons (Fsp3) is 0.250. The largest absolute Gasteiger partial charge is 0.490 e. The van der Waals surface area contributed by atoms with E-state index in [1.165, 1.54) is 30.3 Å². The van der Waals surface area contributed by atoms with Crippen molar-refractivity contribution in [1.82, 2.24) is 0 Å². The first-order chi connectivity index (χ1) is 13.2. The van der Waals surface area contributed by atoms with Crippen LogP contribution in [-0.2, 0) is 14.8 Å². The number of anilines is 2. The number of hydrogen-bond donors (Lipinski definition) is 1. The molecular weight excluding hydrogens is 383 g/mol. The van der Waals surface area contributed by atoms with E-state index in [0.717, 1.165) is 6.07 Å². The normalized spacial score (nSPS) is 16.0. The number of rotatable bonds is 5. The van der Waals surface area contributed by atoms with Gasteiger partial charge < -0.3 is 9.64 Å². The minimum Gasteiger partial charge on any atom is -0.490 e. The zero-order valence-electron chi connectivity index (χ0n) is 15.6. The van der Waals surface area contributed by atoms with E-state index in [1.54, 1.807) is 30.9 Å². The lowest BCUT2D eigenvalue weighted by molar-refractivity contribution is -0.127. The highest BCUT2D eigenvalue weighted by Crippen LogP contribution is 2.38. The van der Waals surface area contributed by atoms with Gasteiger partial charge in [-0.2, -0.15) is 0 Å². The van der Waals surface area contributed by atoms with Crippen LogP contribution in [0.2, 0.25) is 0 Å². The van der Waals surface area contributed by atoms with E-state index in [-0.39, 0.29) is 18.2 Å². The lowest BCUT2D eigenvalue weighted by Gasteiger charge is -2.27. The summed E-state index contributed by atoms with van der Waals surface area (Å²) in [5.74, 6) is -0.606. The molecule has 0 bridgehead atoms. The van der Waals surface area contributed by atoms with Crippen LogP contribution in [0.4, 0.5) is 15.8 Å². The molecule has 1 aliphatic rings. The van der Waals surface area contributed by atoms with Gasteiger partial charge in [-0.3, -0.25) is 9.52 Å². The van der Waals surface area contributed by atoms with Crippen molar-refractivity contribution >= 4 is 27.3 Å². The SMILES string of the molecule is C=CCN1C(=O)C(C)(C)COc2cc(NS(=O)(=O)c3ccccc3F)ccc21. The lowest BCUT2D eigenvalue weighted by atomic mass is 9.93. The van der Waals surface area contributed by atoms with Crippen LogP contribution in [0.15, 0.2) is 60.0 Å². The Bertz CT molecular complexity index is 1030. The van der Waals surface area contributed by atoms with Gasteiger partial charge in [0.25, 0.3) is 10.0 Å². The van der Waals surface area contributed by atoms with Gasteiger partial charge in [-0.25, -0.2) is 12.8 Å². The monoisotopic (exact) mass is 404 g/mol. The van der Waals surface area contributed by atoms with Crippen molar-refractivity contribution in [2.45, 2.75) is 18.7 Å². The van der Waals surface area contributed by atoms with Crippen molar-refractivity contribution < 1.29 is 22.3 Å². The molecule has 8 heteroatoms. The van der Waals surface area contributed by atoms with Crippen molar-refractivity contribution in [3.63, 3.8) is 0 Å². The molecule has 1 heterocycles. The Morgan fingerprint density at radius 2 is 2.00 bits per heavy atom. The highest BCUT2D eigenvalue weighted by atomic mass is 32.2. The minimum absolute atomic E-state index is 0.120. The maximum atomic E-state index is 13.9. The van der Waals surface area contributed by atoms with E-state index in [1.807, 2.05) is 0 Å². The molecule has 0 aliphatic carbocycles. The molecule has 0 saturated heterocycles. The fourth-order valence-corrected chi connectivity index (χ4v) is 4.02. The van der Waals surface area contributed by atoms with Gasteiger partial charge in [-0.05, 0) is 38.1 Å². The van der Waals surface area contributed by atoms with Gasteiger partial charge in [-0.1, -0.05) is 18.2 Å². The molecular formula is C20H21FN2O4S. The molecule has 1 amide bonds.